The zero-order valence-corrected chi connectivity index (χ0v) is 12.5. The van der Waals surface area contributed by atoms with Gasteiger partial charge in [-0.25, -0.2) is 13.1 Å². The minimum Gasteiger partial charge on any atom is -0.397 e. The van der Waals surface area contributed by atoms with Crippen LogP contribution in [0.3, 0.4) is 0 Å². The van der Waals surface area contributed by atoms with Crippen molar-refractivity contribution in [1.82, 2.24) is 14.9 Å². The van der Waals surface area contributed by atoms with Crippen LogP contribution in [0.4, 0.5) is 11.4 Å². The van der Waals surface area contributed by atoms with Gasteiger partial charge in [-0.15, -0.1) is 0 Å². The SMILES string of the molecule is CC(C)(CNc1cc2[nH]ncc2cc1N)NS(C)(=O)=O. The monoisotopic (exact) mass is 297 g/mol. The van der Waals surface area contributed by atoms with Crippen LogP contribution in [-0.2, 0) is 10.0 Å². The molecule has 0 bridgehead atoms. The molecule has 5 N–H and O–H groups in total. The fraction of sp³-hybridized carbons (Fsp3) is 0.417. The Kier molecular flexibility index (Phi) is 3.61. The van der Waals surface area contributed by atoms with Gasteiger partial charge in [-0.05, 0) is 26.0 Å². The third kappa shape index (κ3) is 3.61. The molecule has 0 amide bonds. The molecule has 8 heteroatoms. The lowest BCUT2D eigenvalue weighted by atomic mass is 10.1. The first-order chi connectivity index (χ1) is 9.16. The lowest BCUT2D eigenvalue weighted by molar-refractivity contribution is 0.476. The molecular formula is C12H19N5O2S. The van der Waals surface area contributed by atoms with Crippen LogP contribution in [-0.4, -0.2) is 37.0 Å². The summed E-state index contributed by atoms with van der Waals surface area (Å²) in [5.41, 5.74) is 7.54. The van der Waals surface area contributed by atoms with E-state index >= 15 is 0 Å². The summed E-state index contributed by atoms with van der Waals surface area (Å²) < 4.78 is 25.1. The number of hydrogen-bond donors (Lipinski definition) is 4. The van der Waals surface area contributed by atoms with E-state index in [4.69, 9.17) is 5.73 Å². The largest absolute Gasteiger partial charge is 0.397 e. The number of sulfonamides is 1. The maximum Gasteiger partial charge on any atom is 0.209 e. The van der Waals surface area contributed by atoms with Gasteiger partial charge in [-0.2, -0.15) is 5.10 Å². The molecule has 2 rings (SSSR count). The number of nitrogen functional groups attached to an aromatic ring is 1. The quantitative estimate of drug-likeness (QED) is 0.612. The van der Waals surface area contributed by atoms with Crippen LogP contribution in [0.1, 0.15) is 13.8 Å². The summed E-state index contributed by atoms with van der Waals surface area (Å²) in [5.74, 6) is 0. The zero-order chi connectivity index (χ0) is 15.0. The number of nitrogens with zero attached hydrogens (tertiary/aromatic N) is 1. The van der Waals surface area contributed by atoms with E-state index in [9.17, 15) is 8.42 Å². The van der Waals surface area contributed by atoms with E-state index in [0.29, 0.717) is 12.2 Å². The average Bonchev–Trinajstić information content (AvgIpc) is 2.69. The third-order valence-electron chi connectivity index (χ3n) is 2.79. The molecule has 20 heavy (non-hydrogen) atoms. The number of H-pyrrole nitrogens is 1. The number of nitrogens with two attached hydrogens (primary N) is 1. The summed E-state index contributed by atoms with van der Waals surface area (Å²) in [6.07, 6.45) is 2.84. The highest BCUT2D eigenvalue weighted by Crippen LogP contribution is 2.25. The van der Waals surface area contributed by atoms with Gasteiger partial charge in [-0.1, -0.05) is 0 Å². The Bertz CT molecular complexity index is 721. The number of rotatable bonds is 5. The fourth-order valence-electron chi connectivity index (χ4n) is 2.02. The summed E-state index contributed by atoms with van der Waals surface area (Å²) in [5, 5.41) is 10.9. The number of aromatic amines is 1. The second kappa shape index (κ2) is 4.95. The Balaban J connectivity index is 2.14. The second-order valence-electron chi connectivity index (χ2n) is 5.51. The van der Waals surface area contributed by atoms with E-state index in [-0.39, 0.29) is 0 Å². The summed E-state index contributed by atoms with van der Waals surface area (Å²) in [6, 6.07) is 3.67. The van der Waals surface area contributed by atoms with Crippen molar-refractivity contribution in [2.75, 3.05) is 23.9 Å². The highest BCUT2D eigenvalue weighted by Gasteiger charge is 2.22. The number of nitrogens with one attached hydrogen (secondary N) is 3. The molecule has 0 aliphatic heterocycles. The Morgan fingerprint density at radius 3 is 2.75 bits per heavy atom. The van der Waals surface area contributed by atoms with E-state index in [0.717, 1.165) is 22.8 Å². The van der Waals surface area contributed by atoms with E-state index in [1.165, 1.54) is 0 Å². The molecule has 0 aliphatic rings. The molecule has 0 unspecified atom stereocenters. The number of aromatic nitrogens is 2. The first-order valence-corrected chi connectivity index (χ1v) is 8.01. The normalized spacial score (nSPS) is 12.8. The maximum atomic E-state index is 11.3. The summed E-state index contributed by atoms with van der Waals surface area (Å²) in [4.78, 5) is 0. The Morgan fingerprint density at radius 2 is 2.10 bits per heavy atom. The molecule has 0 saturated carbocycles. The van der Waals surface area contributed by atoms with Crippen LogP contribution >= 0.6 is 0 Å². The third-order valence-corrected chi connectivity index (χ3v) is 3.72. The van der Waals surface area contributed by atoms with Crippen molar-refractivity contribution < 1.29 is 8.42 Å². The Hall–Kier alpha value is -1.80. The van der Waals surface area contributed by atoms with Crippen molar-refractivity contribution in [3.05, 3.63) is 18.3 Å². The standard InChI is InChI=1S/C12H19N5O2S/c1-12(2,17-20(3,18)19)7-14-11-5-10-8(4-9(11)13)6-15-16-10/h4-6,14,17H,7,13H2,1-3H3,(H,15,16). The molecule has 0 aliphatic carbocycles. The van der Waals surface area contributed by atoms with Crippen molar-refractivity contribution in [2.24, 2.45) is 0 Å². The van der Waals surface area contributed by atoms with Crippen molar-refractivity contribution in [3.8, 4) is 0 Å². The second-order valence-corrected chi connectivity index (χ2v) is 7.26. The van der Waals surface area contributed by atoms with Crippen LogP contribution in [0.2, 0.25) is 0 Å². The molecule has 1 aromatic heterocycles. The molecule has 0 atom stereocenters. The molecule has 0 spiro atoms. The van der Waals surface area contributed by atoms with Gasteiger partial charge in [0.15, 0.2) is 0 Å². The van der Waals surface area contributed by atoms with Gasteiger partial charge in [0.05, 0.1) is 29.3 Å². The predicted octanol–water partition coefficient (Wildman–Crippen LogP) is 0.885. The highest BCUT2D eigenvalue weighted by molar-refractivity contribution is 7.88. The molecule has 0 saturated heterocycles. The minimum atomic E-state index is -3.26. The van der Waals surface area contributed by atoms with Gasteiger partial charge in [-0.3, -0.25) is 5.10 Å². The van der Waals surface area contributed by atoms with Gasteiger partial charge < -0.3 is 11.1 Å². The fourth-order valence-corrected chi connectivity index (χ4v) is 3.09. The molecule has 1 heterocycles. The lowest BCUT2D eigenvalue weighted by Crippen LogP contribution is -2.47. The van der Waals surface area contributed by atoms with Crippen molar-refractivity contribution >= 4 is 32.3 Å². The van der Waals surface area contributed by atoms with Gasteiger partial charge in [0, 0.05) is 17.5 Å². The van der Waals surface area contributed by atoms with E-state index in [1.807, 2.05) is 12.1 Å². The smallest absolute Gasteiger partial charge is 0.209 e. The molecule has 1 aromatic carbocycles. The first kappa shape index (κ1) is 14.6. The minimum absolute atomic E-state index is 0.407. The topological polar surface area (TPSA) is 113 Å². The van der Waals surface area contributed by atoms with Gasteiger partial charge >= 0.3 is 0 Å². The number of hydrogen-bond acceptors (Lipinski definition) is 5. The van der Waals surface area contributed by atoms with Gasteiger partial charge in [0.1, 0.15) is 0 Å². The number of benzene rings is 1. The zero-order valence-electron chi connectivity index (χ0n) is 11.7. The van der Waals surface area contributed by atoms with Gasteiger partial charge in [0.25, 0.3) is 0 Å². The summed E-state index contributed by atoms with van der Waals surface area (Å²) in [7, 11) is -3.26. The van der Waals surface area contributed by atoms with Crippen LogP contribution in [0.25, 0.3) is 10.9 Å². The molecule has 7 nitrogen and oxygen atoms in total. The van der Waals surface area contributed by atoms with Crippen LogP contribution in [0, 0.1) is 0 Å². The van der Waals surface area contributed by atoms with Crippen molar-refractivity contribution in [1.29, 1.82) is 0 Å². The molecule has 2 aromatic rings. The first-order valence-electron chi connectivity index (χ1n) is 6.12. The van der Waals surface area contributed by atoms with Gasteiger partial charge in [0.2, 0.25) is 10.0 Å². The van der Waals surface area contributed by atoms with Crippen LogP contribution in [0.15, 0.2) is 18.3 Å². The molecule has 0 fully saturated rings. The Morgan fingerprint density at radius 1 is 1.40 bits per heavy atom. The molecular weight excluding hydrogens is 278 g/mol. The van der Waals surface area contributed by atoms with Crippen LogP contribution in [0.5, 0.6) is 0 Å². The predicted molar refractivity (Wildman–Crippen MR) is 81.1 cm³/mol. The highest BCUT2D eigenvalue weighted by atomic mass is 32.2. The number of anilines is 2. The van der Waals surface area contributed by atoms with E-state index in [1.54, 1.807) is 20.0 Å². The number of fused-ring (bicyclic) bond motifs is 1. The van der Waals surface area contributed by atoms with E-state index in [2.05, 4.69) is 20.2 Å². The lowest BCUT2D eigenvalue weighted by Gasteiger charge is -2.26. The van der Waals surface area contributed by atoms with Crippen molar-refractivity contribution in [3.63, 3.8) is 0 Å². The Labute approximate surface area is 118 Å². The summed E-state index contributed by atoms with van der Waals surface area (Å²) in [6.45, 7) is 4.00. The molecule has 110 valence electrons. The maximum absolute atomic E-state index is 11.3. The van der Waals surface area contributed by atoms with E-state index < -0.39 is 15.6 Å². The average molecular weight is 297 g/mol. The molecule has 0 radical (unpaired) electrons. The summed E-state index contributed by atoms with van der Waals surface area (Å²) >= 11 is 0. The van der Waals surface area contributed by atoms with Crippen molar-refractivity contribution in [2.45, 2.75) is 19.4 Å². The van der Waals surface area contributed by atoms with Crippen LogP contribution < -0.4 is 15.8 Å².